The number of benzene rings is 3. The lowest BCUT2D eigenvalue weighted by atomic mass is 9.87. The number of fused-ring (bicyclic) bond motifs is 1. The zero-order chi connectivity index (χ0) is 22.8. The van der Waals surface area contributed by atoms with Crippen LogP contribution in [0.4, 0.5) is 5.69 Å². The van der Waals surface area contributed by atoms with Crippen LogP contribution in [-0.2, 0) is 11.2 Å². The summed E-state index contributed by atoms with van der Waals surface area (Å²) in [4.78, 5) is 13.5. The molecule has 33 heavy (non-hydrogen) atoms. The Morgan fingerprint density at radius 2 is 1.58 bits per heavy atom. The highest BCUT2D eigenvalue weighted by Crippen LogP contribution is 2.41. The molecule has 168 valence electrons. The Morgan fingerprint density at radius 1 is 0.879 bits per heavy atom. The smallest absolute Gasteiger partial charge is 0.123 e. The normalized spacial score (nSPS) is 16.9. The summed E-state index contributed by atoms with van der Waals surface area (Å²) in [6.07, 6.45) is 6.02. The van der Waals surface area contributed by atoms with E-state index < -0.39 is 0 Å². The van der Waals surface area contributed by atoms with E-state index >= 15 is 0 Å². The molecule has 3 heteroatoms. The Labute approximate surface area is 196 Å². The van der Waals surface area contributed by atoms with Gasteiger partial charge in [-0.05, 0) is 96.7 Å². The van der Waals surface area contributed by atoms with Crippen LogP contribution < -0.4 is 4.90 Å². The van der Waals surface area contributed by atoms with Gasteiger partial charge in [0.25, 0.3) is 0 Å². The van der Waals surface area contributed by atoms with E-state index in [0.717, 1.165) is 51.5 Å². The quantitative estimate of drug-likeness (QED) is 0.479. The molecule has 0 spiro atoms. The third kappa shape index (κ3) is 4.45. The van der Waals surface area contributed by atoms with Gasteiger partial charge in [0.1, 0.15) is 12.0 Å². The number of phenols is 1. The monoisotopic (exact) mass is 437 g/mol. The third-order valence-electron chi connectivity index (χ3n) is 7.19. The molecule has 0 radical (unpaired) electrons. The SMILES string of the molecule is Cc1ccc(C2=C(c3ccc(N4CCC(C=O)CC4)cc3)c3ccc(O)cc3CCC2)cc1. The predicted octanol–water partition coefficient (Wildman–Crippen LogP) is 6.41. The van der Waals surface area contributed by atoms with Crippen LogP contribution in [0.15, 0.2) is 66.7 Å². The lowest BCUT2D eigenvalue weighted by molar-refractivity contribution is -0.111. The second-order valence-electron chi connectivity index (χ2n) is 9.42. The van der Waals surface area contributed by atoms with E-state index in [1.807, 2.05) is 12.1 Å². The summed E-state index contributed by atoms with van der Waals surface area (Å²) >= 11 is 0. The summed E-state index contributed by atoms with van der Waals surface area (Å²) in [5.74, 6) is 0.544. The van der Waals surface area contributed by atoms with Gasteiger partial charge in [-0.2, -0.15) is 0 Å². The number of phenolic OH excluding ortho intramolecular Hbond substituents is 1. The fourth-order valence-electron chi connectivity index (χ4n) is 5.28. The molecule has 1 fully saturated rings. The summed E-state index contributed by atoms with van der Waals surface area (Å²) in [6, 6.07) is 23.6. The number of aryl methyl sites for hydroxylation is 2. The Morgan fingerprint density at radius 3 is 2.27 bits per heavy atom. The summed E-state index contributed by atoms with van der Waals surface area (Å²) in [5.41, 5.74) is 10.1. The molecule has 0 unspecified atom stereocenters. The van der Waals surface area contributed by atoms with Gasteiger partial charge in [0.2, 0.25) is 0 Å². The van der Waals surface area contributed by atoms with Crippen LogP contribution in [0.3, 0.4) is 0 Å². The number of carbonyl (C=O) groups excluding carboxylic acids is 1. The van der Waals surface area contributed by atoms with Gasteiger partial charge in [-0.3, -0.25) is 0 Å². The van der Waals surface area contributed by atoms with Crippen molar-refractivity contribution >= 4 is 23.1 Å². The van der Waals surface area contributed by atoms with Gasteiger partial charge in [0.05, 0.1) is 0 Å². The Balaban J connectivity index is 1.57. The number of piperidine rings is 1. The summed E-state index contributed by atoms with van der Waals surface area (Å²) in [7, 11) is 0. The Hall–Kier alpha value is -3.33. The van der Waals surface area contributed by atoms with Crippen molar-refractivity contribution in [2.24, 2.45) is 5.92 Å². The number of rotatable bonds is 4. The minimum atomic E-state index is 0.210. The topological polar surface area (TPSA) is 40.5 Å². The van der Waals surface area contributed by atoms with E-state index in [1.54, 1.807) is 0 Å². The number of hydrogen-bond donors (Lipinski definition) is 1. The number of aromatic hydroxyl groups is 1. The minimum absolute atomic E-state index is 0.210. The number of anilines is 1. The highest BCUT2D eigenvalue weighted by atomic mass is 16.3. The molecule has 1 aliphatic heterocycles. The summed E-state index contributed by atoms with van der Waals surface area (Å²) in [5, 5.41) is 10.1. The summed E-state index contributed by atoms with van der Waals surface area (Å²) < 4.78 is 0. The summed E-state index contributed by atoms with van der Waals surface area (Å²) in [6.45, 7) is 3.99. The maximum absolute atomic E-state index is 11.1. The zero-order valence-electron chi connectivity index (χ0n) is 19.3. The van der Waals surface area contributed by atoms with Crippen LogP contribution in [0, 0.1) is 12.8 Å². The molecule has 0 bridgehead atoms. The van der Waals surface area contributed by atoms with Crippen molar-refractivity contribution in [2.45, 2.75) is 39.0 Å². The molecule has 0 aromatic heterocycles. The van der Waals surface area contributed by atoms with Crippen molar-refractivity contribution in [3.63, 3.8) is 0 Å². The lowest BCUT2D eigenvalue weighted by Gasteiger charge is -2.31. The highest BCUT2D eigenvalue weighted by Gasteiger charge is 2.22. The van der Waals surface area contributed by atoms with E-state index in [1.165, 1.54) is 44.7 Å². The number of allylic oxidation sites excluding steroid dienone is 1. The molecular weight excluding hydrogens is 406 g/mol. The molecule has 0 amide bonds. The van der Waals surface area contributed by atoms with Crippen molar-refractivity contribution < 1.29 is 9.90 Å². The van der Waals surface area contributed by atoms with Gasteiger partial charge in [0.15, 0.2) is 0 Å². The van der Waals surface area contributed by atoms with Gasteiger partial charge < -0.3 is 14.8 Å². The van der Waals surface area contributed by atoms with Gasteiger partial charge in [-0.1, -0.05) is 48.0 Å². The maximum atomic E-state index is 11.1. The first-order valence-corrected chi connectivity index (χ1v) is 12.1. The highest BCUT2D eigenvalue weighted by molar-refractivity contribution is 6.00. The maximum Gasteiger partial charge on any atom is 0.123 e. The minimum Gasteiger partial charge on any atom is -0.508 e. The molecule has 3 aromatic rings. The predicted molar refractivity (Wildman–Crippen MR) is 136 cm³/mol. The van der Waals surface area contributed by atoms with Crippen molar-refractivity contribution in [1.29, 1.82) is 0 Å². The molecule has 0 saturated carbocycles. The van der Waals surface area contributed by atoms with Gasteiger partial charge >= 0.3 is 0 Å². The number of nitrogens with zero attached hydrogens (tertiary/aromatic N) is 1. The zero-order valence-corrected chi connectivity index (χ0v) is 19.3. The average Bonchev–Trinajstić information content (AvgIpc) is 3.04. The lowest BCUT2D eigenvalue weighted by Crippen LogP contribution is -2.34. The Kier molecular flexibility index (Phi) is 6.04. The standard InChI is InChI=1S/C30H31NO2/c1-21-5-7-23(8-6-21)28-4-2-3-25-19-27(33)13-14-29(25)30(28)24-9-11-26(12-10-24)31-17-15-22(20-32)16-18-31/h5-14,19-20,22,33H,2-4,15-18H2,1H3. The van der Waals surface area contributed by atoms with E-state index in [2.05, 4.69) is 66.4 Å². The van der Waals surface area contributed by atoms with Gasteiger partial charge in [0, 0.05) is 24.7 Å². The van der Waals surface area contributed by atoms with Crippen molar-refractivity contribution in [2.75, 3.05) is 18.0 Å². The molecular formula is C30H31NO2. The van der Waals surface area contributed by atoms with Crippen LogP contribution in [0.5, 0.6) is 5.75 Å². The molecule has 3 nitrogen and oxygen atoms in total. The van der Waals surface area contributed by atoms with Crippen LogP contribution in [0.2, 0.25) is 0 Å². The first-order chi connectivity index (χ1) is 16.1. The van der Waals surface area contributed by atoms with Crippen molar-refractivity contribution in [3.05, 3.63) is 94.5 Å². The molecule has 0 atom stereocenters. The molecule has 3 aromatic carbocycles. The molecule has 1 heterocycles. The second-order valence-corrected chi connectivity index (χ2v) is 9.42. The van der Waals surface area contributed by atoms with Crippen molar-refractivity contribution in [1.82, 2.24) is 0 Å². The fraction of sp³-hybridized carbons (Fsp3) is 0.300. The largest absolute Gasteiger partial charge is 0.508 e. The van der Waals surface area contributed by atoms with E-state index in [-0.39, 0.29) is 5.92 Å². The number of hydrogen-bond acceptors (Lipinski definition) is 3. The van der Waals surface area contributed by atoms with Crippen LogP contribution in [0.25, 0.3) is 11.1 Å². The first-order valence-electron chi connectivity index (χ1n) is 12.1. The van der Waals surface area contributed by atoms with E-state index in [9.17, 15) is 9.90 Å². The second kappa shape index (κ2) is 9.27. The average molecular weight is 438 g/mol. The van der Waals surface area contributed by atoms with Crippen molar-refractivity contribution in [3.8, 4) is 5.75 Å². The van der Waals surface area contributed by atoms with Crippen LogP contribution >= 0.6 is 0 Å². The van der Waals surface area contributed by atoms with E-state index in [0.29, 0.717) is 5.75 Å². The molecule has 2 aliphatic rings. The first kappa shape index (κ1) is 21.5. The third-order valence-corrected chi connectivity index (χ3v) is 7.19. The Bertz CT molecular complexity index is 1170. The van der Waals surface area contributed by atoms with Gasteiger partial charge in [-0.15, -0.1) is 0 Å². The van der Waals surface area contributed by atoms with Crippen LogP contribution in [-0.4, -0.2) is 24.5 Å². The molecule has 1 N–H and O–H groups in total. The number of aldehydes is 1. The molecule has 5 rings (SSSR count). The fourth-order valence-corrected chi connectivity index (χ4v) is 5.28. The van der Waals surface area contributed by atoms with E-state index in [4.69, 9.17) is 0 Å². The van der Waals surface area contributed by atoms with Gasteiger partial charge in [-0.25, -0.2) is 0 Å². The molecule has 1 saturated heterocycles. The molecule has 1 aliphatic carbocycles. The number of carbonyl (C=O) groups is 1. The van der Waals surface area contributed by atoms with Crippen LogP contribution in [0.1, 0.15) is 53.5 Å².